The molecule has 0 spiro atoms. The van der Waals surface area contributed by atoms with Crippen LogP contribution in [-0.2, 0) is 11.3 Å². The Bertz CT molecular complexity index is 309. The van der Waals surface area contributed by atoms with Crippen molar-refractivity contribution in [2.24, 2.45) is 5.92 Å². The van der Waals surface area contributed by atoms with Gasteiger partial charge in [-0.15, -0.1) is 11.3 Å². The molecule has 78 valence electrons. The summed E-state index contributed by atoms with van der Waals surface area (Å²) in [5.74, 6) is 0.186. The first-order valence-electron chi connectivity index (χ1n) is 4.84. The van der Waals surface area contributed by atoms with E-state index in [-0.39, 0.29) is 11.8 Å². The Morgan fingerprint density at radius 1 is 1.50 bits per heavy atom. The van der Waals surface area contributed by atoms with E-state index < -0.39 is 0 Å². The largest absolute Gasteiger partial charge is 0.351 e. The fourth-order valence-corrected chi connectivity index (χ4v) is 2.11. The molecule has 0 aliphatic rings. The first-order valence-corrected chi connectivity index (χ1v) is 5.66. The van der Waals surface area contributed by atoms with E-state index in [1.165, 1.54) is 15.3 Å². The van der Waals surface area contributed by atoms with Crippen molar-refractivity contribution >= 4 is 17.2 Å². The third kappa shape index (κ3) is 2.84. The molecule has 1 heterocycles. The molecule has 0 aromatic carbocycles. The third-order valence-electron chi connectivity index (χ3n) is 2.18. The molecule has 2 nitrogen and oxygen atoms in total. The second-order valence-electron chi connectivity index (χ2n) is 3.82. The second-order valence-corrected chi connectivity index (χ2v) is 5.17. The second kappa shape index (κ2) is 4.60. The maximum Gasteiger partial charge on any atom is 0.222 e. The van der Waals surface area contributed by atoms with Gasteiger partial charge in [-0.05, 0) is 25.5 Å². The van der Waals surface area contributed by atoms with Crippen LogP contribution in [0.15, 0.2) is 6.07 Å². The molecule has 0 saturated heterocycles. The van der Waals surface area contributed by atoms with E-state index in [0.717, 1.165) is 0 Å². The van der Waals surface area contributed by atoms with E-state index in [1.54, 1.807) is 11.3 Å². The number of amides is 1. The molecule has 0 radical (unpaired) electrons. The Balaban J connectivity index is 2.50. The van der Waals surface area contributed by atoms with Gasteiger partial charge in [0, 0.05) is 15.7 Å². The molecule has 1 rings (SSSR count). The highest BCUT2D eigenvalue weighted by atomic mass is 32.1. The lowest BCUT2D eigenvalue weighted by Crippen LogP contribution is -2.26. The van der Waals surface area contributed by atoms with E-state index in [2.05, 4.69) is 25.2 Å². The molecule has 0 aliphatic heterocycles. The molecule has 0 bridgehead atoms. The Kier molecular flexibility index (Phi) is 3.69. The quantitative estimate of drug-likeness (QED) is 0.818. The lowest BCUT2D eigenvalue weighted by atomic mass is 10.2. The number of thiophene rings is 1. The molecule has 1 amide bonds. The number of carbonyl (C=O) groups is 1. The van der Waals surface area contributed by atoms with Gasteiger partial charge in [0.25, 0.3) is 0 Å². The van der Waals surface area contributed by atoms with Crippen LogP contribution >= 0.6 is 11.3 Å². The highest BCUT2D eigenvalue weighted by Gasteiger charge is 2.07. The van der Waals surface area contributed by atoms with Crippen molar-refractivity contribution in [1.29, 1.82) is 0 Å². The lowest BCUT2D eigenvalue weighted by Gasteiger charge is -2.05. The molecule has 1 N–H and O–H groups in total. The van der Waals surface area contributed by atoms with E-state index >= 15 is 0 Å². The molecule has 1 aromatic rings. The van der Waals surface area contributed by atoms with Gasteiger partial charge in [0.05, 0.1) is 6.54 Å². The summed E-state index contributed by atoms with van der Waals surface area (Å²) in [6, 6.07) is 2.14. The van der Waals surface area contributed by atoms with Gasteiger partial charge in [-0.2, -0.15) is 0 Å². The first-order chi connectivity index (χ1) is 6.50. The summed E-state index contributed by atoms with van der Waals surface area (Å²) in [5.41, 5.74) is 1.31. The summed E-state index contributed by atoms with van der Waals surface area (Å²) in [7, 11) is 0. The minimum Gasteiger partial charge on any atom is -0.351 e. The summed E-state index contributed by atoms with van der Waals surface area (Å²) >= 11 is 1.75. The maximum atomic E-state index is 11.3. The van der Waals surface area contributed by atoms with Gasteiger partial charge >= 0.3 is 0 Å². The number of hydrogen-bond donors (Lipinski definition) is 1. The lowest BCUT2D eigenvalue weighted by molar-refractivity contribution is -0.124. The fraction of sp³-hybridized carbons (Fsp3) is 0.545. The minimum absolute atomic E-state index is 0.0668. The van der Waals surface area contributed by atoms with Crippen LogP contribution in [0.3, 0.4) is 0 Å². The maximum absolute atomic E-state index is 11.3. The first kappa shape index (κ1) is 11.2. The number of carbonyl (C=O) groups excluding carboxylic acids is 1. The van der Waals surface area contributed by atoms with Gasteiger partial charge in [0.1, 0.15) is 0 Å². The van der Waals surface area contributed by atoms with Gasteiger partial charge in [0.15, 0.2) is 0 Å². The van der Waals surface area contributed by atoms with E-state index in [0.29, 0.717) is 6.54 Å². The monoisotopic (exact) mass is 211 g/mol. The molecule has 0 atom stereocenters. The summed E-state index contributed by atoms with van der Waals surface area (Å²) in [5, 5.41) is 2.91. The van der Waals surface area contributed by atoms with E-state index in [9.17, 15) is 4.79 Å². The normalized spacial score (nSPS) is 10.6. The molecule has 1 aromatic heterocycles. The van der Waals surface area contributed by atoms with Crippen LogP contribution in [0.1, 0.15) is 29.2 Å². The van der Waals surface area contributed by atoms with Gasteiger partial charge < -0.3 is 5.32 Å². The fourth-order valence-electron chi connectivity index (χ4n) is 1.12. The molecule has 0 saturated carbocycles. The topological polar surface area (TPSA) is 29.1 Å². The third-order valence-corrected chi connectivity index (χ3v) is 3.33. The van der Waals surface area contributed by atoms with Gasteiger partial charge in [0.2, 0.25) is 5.91 Å². The standard InChI is InChI=1S/C11H17NOS/c1-7(2)11(13)12-6-10-5-8(3)9(4)14-10/h5,7H,6H2,1-4H3,(H,12,13). The van der Waals surface area contributed by atoms with Crippen molar-refractivity contribution in [2.45, 2.75) is 34.2 Å². The molecular weight excluding hydrogens is 194 g/mol. The van der Waals surface area contributed by atoms with Crippen LogP contribution in [0, 0.1) is 19.8 Å². The summed E-state index contributed by atoms with van der Waals surface area (Å²) in [6.07, 6.45) is 0. The molecular formula is C11H17NOS. The van der Waals surface area contributed by atoms with Gasteiger partial charge in [-0.1, -0.05) is 13.8 Å². The Labute approximate surface area is 89.3 Å². The highest BCUT2D eigenvalue weighted by molar-refractivity contribution is 7.12. The number of aryl methyl sites for hydroxylation is 2. The van der Waals surface area contributed by atoms with Crippen molar-refractivity contribution in [3.8, 4) is 0 Å². The molecule has 0 aliphatic carbocycles. The average molecular weight is 211 g/mol. The van der Waals surface area contributed by atoms with Crippen LogP contribution in [0.4, 0.5) is 0 Å². The minimum atomic E-state index is 0.0668. The van der Waals surface area contributed by atoms with Gasteiger partial charge in [-0.25, -0.2) is 0 Å². The number of hydrogen-bond acceptors (Lipinski definition) is 2. The van der Waals surface area contributed by atoms with Crippen LogP contribution in [-0.4, -0.2) is 5.91 Å². The van der Waals surface area contributed by atoms with Crippen LogP contribution in [0.5, 0.6) is 0 Å². The SMILES string of the molecule is Cc1cc(CNC(=O)C(C)C)sc1C. The smallest absolute Gasteiger partial charge is 0.222 e. The number of nitrogens with one attached hydrogen (secondary N) is 1. The molecule has 0 unspecified atom stereocenters. The Morgan fingerprint density at radius 2 is 2.14 bits per heavy atom. The summed E-state index contributed by atoms with van der Waals surface area (Å²) in [4.78, 5) is 13.9. The van der Waals surface area contributed by atoms with Crippen molar-refractivity contribution in [3.05, 3.63) is 21.4 Å². The molecule has 3 heteroatoms. The molecule has 14 heavy (non-hydrogen) atoms. The van der Waals surface area contributed by atoms with Crippen LogP contribution in [0.25, 0.3) is 0 Å². The zero-order chi connectivity index (χ0) is 10.7. The Morgan fingerprint density at radius 3 is 2.57 bits per heavy atom. The van der Waals surface area contributed by atoms with Crippen molar-refractivity contribution in [3.63, 3.8) is 0 Å². The van der Waals surface area contributed by atoms with Crippen molar-refractivity contribution in [1.82, 2.24) is 5.32 Å². The van der Waals surface area contributed by atoms with E-state index in [4.69, 9.17) is 0 Å². The predicted molar refractivity (Wildman–Crippen MR) is 60.5 cm³/mol. The highest BCUT2D eigenvalue weighted by Crippen LogP contribution is 2.20. The zero-order valence-corrected chi connectivity index (χ0v) is 9.99. The predicted octanol–water partition coefficient (Wildman–Crippen LogP) is 2.64. The van der Waals surface area contributed by atoms with Crippen molar-refractivity contribution in [2.75, 3.05) is 0 Å². The number of rotatable bonds is 3. The molecule has 0 fully saturated rings. The summed E-state index contributed by atoms with van der Waals surface area (Å²) in [6.45, 7) is 8.67. The van der Waals surface area contributed by atoms with Crippen LogP contribution in [0.2, 0.25) is 0 Å². The van der Waals surface area contributed by atoms with Crippen molar-refractivity contribution < 1.29 is 4.79 Å². The zero-order valence-electron chi connectivity index (χ0n) is 9.18. The van der Waals surface area contributed by atoms with E-state index in [1.807, 2.05) is 13.8 Å². The van der Waals surface area contributed by atoms with Gasteiger partial charge in [-0.3, -0.25) is 4.79 Å². The average Bonchev–Trinajstić information content (AvgIpc) is 2.42. The summed E-state index contributed by atoms with van der Waals surface area (Å²) < 4.78 is 0. The Hall–Kier alpha value is -0.830. The van der Waals surface area contributed by atoms with Crippen LogP contribution < -0.4 is 5.32 Å².